The van der Waals surface area contributed by atoms with Crippen LogP contribution in [0.1, 0.15) is 47.6 Å². The van der Waals surface area contributed by atoms with Crippen molar-refractivity contribution in [3.05, 3.63) is 46.7 Å². The maximum Gasteiger partial charge on any atom is 0.306 e. The van der Waals surface area contributed by atoms with Crippen molar-refractivity contribution in [3.8, 4) is 17.0 Å². The number of alkyl halides is 1. The second kappa shape index (κ2) is 15.2. The lowest BCUT2D eigenvalue weighted by Gasteiger charge is -2.30. The molecule has 1 aliphatic heterocycles. The van der Waals surface area contributed by atoms with E-state index in [2.05, 4.69) is 34.0 Å². The Bertz CT molecular complexity index is 1360. The zero-order chi connectivity index (χ0) is 30.9. The number of piperidine rings is 1. The first kappa shape index (κ1) is 32.2. The van der Waals surface area contributed by atoms with E-state index in [0.717, 1.165) is 18.0 Å². The van der Waals surface area contributed by atoms with Gasteiger partial charge < -0.3 is 19.5 Å². The number of benzene rings is 1. The number of hydrogen-bond donors (Lipinski definition) is 2. The molecule has 0 atom stereocenters. The Morgan fingerprint density at radius 1 is 1.19 bits per heavy atom. The van der Waals surface area contributed by atoms with Crippen LogP contribution in [0.25, 0.3) is 11.3 Å². The molecule has 232 valence electrons. The minimum atomic E-state index is -0.775. The maximum atomic E-state index is 13.7. The summed E-state index contributed by atoms with van der Waals surface area (Å²) in [5.74, 6) is -0.0299. The zero-order valence-corrected chi connectivity index (χ0v) is 25.8. The highest BCUT2D eigenvalue weighted by molar-refractivity contribution is 7.16. The fourth-order valence-electron chi connectivity index (χ4n) is 5.02. The standard InChI is InChI=1S/C30H39FN6O5S/c1-19(2)17-36(9-10-41-3)18-25-27(22-11-20(14-31)12-23(13-22)42-4)34-30(43-25)35-28(38)24-15-33-26(16-32-24)37-7-5-21(6-8-37)29(39)40/h11-13,15-16,19,21H,5-10,14,17-18H2,1-4H3,(H,39,40)(H,34,35,38). The van der Waals surface area contributed by atoms with Crippen LogP contribution in [-0.4, -0.2) is 83.8 Å². The van der Waals surface area contributed by atoms with Gasteiger partial charge in [0.05, 0.1) is 37.7 Å². The molecule has 43 heavy (non-hydrogen) atoms. The number of carboxylic acid groups (broad SMARTS) is 1. The lowest BCUT2D eigenvalue weighted by molar-refractivity contribution is -0.142. The van der Waals surface area contributed by atoms with Crippen molar-refractivity contribution >= 4 is 34.2 Å². The van der Waals surface area contributed by atoms with Crippen molar-refractivity contribution in [1.29, 1.82) is 0 Å². The third kappa shape index (κ3) is 8.68. The highest BCUT2D eigenvalue weighted by Crippen LogP contribution is 2.35. The number of hydrogen-bond acceptors (Lipinski definition) is 10. The molecule has 0 saturated carbocycles. The van der Waals surface area contributed by atoms with E-state index in [4.69, 9.17) is 14.5 Å². The summed E-state index contributed by atoms with van der Waals surface area (Å²) in [5, 5.41) is 12.5. The number of ether oxygens (including phenoxy) is 2. The first-order valence-corrected chi connectivity index (χ1v) is 15.1. The number of aromatic nitrogens is 3. The fraction of sp³-hybridized carbons (Fsp3) is 0.500. The summed E-state index contributed by atoms with van der Waals surface area (Å²) in [6, 6.07) is 5.21. The maximum absolute atomic E-state index is 13.7. The van der Waals surface area contributed by atoms with E-state index in [1.165, 1.54) is 30.8 Å². The van der Waals surface area contributed by atoms with Crippen LogP contribution >= 0.6 is 11.3 Å². The van der Waals surface area contributed by atoms with E-state index in [1.54, 1.807) is 19.2 Å². The quantitative estimate of drug-likeness (QED) is 0.263. The molecule has 2 N–H and O–H groups in total. The summed E-state index contributed by atoms with van der Waals surface area (Å²) < 4.78 is 24.4. The number of carbonyl (C=O) groups is 2. The number of nitrogens with one attached hydrogen (secondary N) is 1. The highest BCUT2D eigenvalue weighted by Gasteiger charge is 2.26. The summed E-state index contributed by atoms with van der Waals surface area (Å²) in [7, 11) is 3.21. The molecule has 1 amide bonds. The third-order valence-corrected chi connectivity index (χ3v) is 8.14. The topological polar surface area (TPSA) is 130 Å². The highest BCUT2D eigenvalue weighted by atomic mass is 32.1. The Hall–Kier alpha value is -3.68. The Balaban J connectivity index is 1.56. The van der Waals surface area contributed by atoms with E-state index in [-0.39, 0.29) is 11.6 Å². The molecule has 3 aromatic rings. The van der Waals surface area contributed by atoms with Gasteiger partial charge in [0.1, 0.15) is 23.9 Å². The predicted octanol–water partition coefficient (Wildman–Crippen LogP) is 4.74. The average molecular weight is 615 g/mol. The zero-order valence-electron chi connectivity index (χ0n) is 25.0. The van der Waals surface area contributed by atoms with Crippen LogP contribution in [0.15, 0.2) is 30.6 Å². The van der Waals surface area contributed by atoms with Crippen LogP contribution in [0.4, 0.5) is 15.3 Å². The minimum Gasteiger partial charge on any atom is -0.497 e. The normalized spacial score (nSPS) is 14.0. The number of aliphatic carboxylic acids is 1. The first-order valence-electron chi connectivity index (χ1n) is 14.3. The van der Waals surface area contributed by atoms with Crippen molar-refractivity contribution in [2.45, 2.75) is 39.9 Å². The number of halogens is 1. The van der Waals surface area contributed by atoms with Crippen LogP contribution in [0, 0.1) is 11.8 Å². The van der Waals surface area contributed by atoms with Crippen LogP contribution in [0.3, 0.4) is 0 Å². The van der Waals surface area contributed by atoms with Crippen LogP contribution in [0.2, 0.25) is 0 Å². The monoisotopic (exact) mass is 614 g/mol. The van der Waals surface area contributed by atoms with E-state index >= 15 is 0 Å². The fourth-order valence-corrected chi connectivity index (χ4v) is 6.04. The molecule has 1 aromatic carbocycles. The number of carboxylic acids is 1. The minimum absolute atomic E-state index is 0.130. The lowest BCUT2D eigenvalue weighted by atomic mass is 9.97. The van der Waals surface area contributed by atoms with E-state index in [0.29, 0.717) is 78.5 Å². The smallest absolute Gasteiger partial charge is 0.306 e. The molecule has 11 nitrogen and oxygen atoms in total. The largest absolute Gasteiger partial charge is 0.497 e. The van der Waals surface area contributed by atoms with Gasteiger partial charge in [-0.25, -0.2) is 19.3 Å². The van der Waals surface area contributed by atoms with Gasteiger partial charge in [-0.1, -0.05) is 25.2 Å². The molecular weight excluding hydrogens is 575 g/mol. The average Bonchev–Trinajstić information content (AvgIpc) is 3.41. The summed E-state index contributed by atoms with van der Waals surface area (Å²) in [6.45, 7) is 7.48. The Kier molecular flexibility index (Phi) is 11.4. The van der Waals surface area contributed by atoms with Gasteiger partial charge in [0, 0.05) is 50.3 Å². The van der Waals surface area contributed by atoms with Gasteiger partial charge in [0.15, 0.2) is 5.13 Å². The summed E-state index contributed by atoms with van der Waals surface area (Å²) in [4.78, 5) is 43.1. The molecule has 0 unspecified atom stereocenters. The van der Waals surface area contributed by atoms with Crippen LogP contribution in [0.5, 0.6) is 5.75 Å². The number of methoxy groups -OCH3 is 2. The summed E-state index contributed by atoms with van der Waals surface area (Å²) in [5.41, 5.74) is 1.95. The number of nitrogens with zero attached hydrogens (tertiary/aromatic N) is 5. The van der Waals surface area contributed by atoms with Crippen molar-refractivity contribution in [3.63, 3.8) is 0 Å². The van der Waals surface area contributed by atoms with Crippen LogP contribution in [-0.2, 0) is 22.8 Å². The number of thiazole rings is 1. The van der Waals surface area contributed by atoms with Gasteiger partial charge in [-0.15, -0.1) is 0 Å². The Morgan fingerprint density at radius 3 is 2.56 bits per heavy atom. The Morgan fingerprint density at radius 2 is 1.95 bits per heavy atom. The summed E-state index contributed by atoms with van der Waals surface area (Å²) >= 11 is 1.36. The predicted molar refractivity (Wildman–Crippen MR) is 163 cm³/mol. The molecule has 3 heterocycles. The number of rotatable bonds is 14. The van der Waals surface area contributed by atoms with E-state index in [1.807, 2.05) is 11.0 Å². The van der Waals surface area contributed by atoms with Crippen molar-refractivity contribution in [1.82, 2.24) is 19.9 Å². The van der Waals surface area contributed by atoms with Gasteiger partial charge in [0.2, 0.25) is 0 Å². The molecule has 1 saturated heterocycles. The van der Waals surface area contributed by atoms with Gasteiger partial charge >= 0.3 is 5.97 Å². The molecular formula is C30H39FN6O5S. The number of anilines is 2. The van der Waals surface area contributed by atoms with E-state index < -0.39 is 18.6 Å². The van der Waals surface area contributed by atoms with Crippen molar-refractivity contribution in [2.24, 2.45) is 11.8 Å². The van der Waals surface area contributed by atoms with Gasteiger partial charge in [0.25, 0.3) is 5.91 Å². The van der Waals surface area contributed by atoms with Gasteiger partial charge in [-0.05, 0) is 42.5 Å². The summed E-state index contributed by atoms with van der Waals surface area (Å²) in [6.07, 6.45) is 4.01. The molecule has 0 radical (unpaired) electrons. The molecule has 0 spiro atoms. The van der Waals surface area contributed by atoms with Crippen molar-refractivity contribution < 1.29 is 28.6 Å². The van der Waals surface area contributed by atoms with Gasteiger partial charge in [-0.2, -0.15) is 0 Å². The molecule has 2 aromatic heterocycles. The molecule has 0 aliphatic carbocycles. The molecule has 4 rings (SSSR count). The number of amides is 1. The molecule has 1 aliphatic rings. The molecule has 13 heteroatoms. The lowest BCUT2D eigenvalue weighted by Crippen LogP contribution is -2.36. The SMILES string of the molecule is COCCN(Cc1sc(NC(=O)c2cnc(N3CCC(C(=O)O)CC3)cn2)nc1-c1cc(CF)cc(OC)c1)CC(C)C. The van der Waals surface area contributed by atoms with Gasteiger partial charge in [-0.3, -0.25) is 19.8 Å². The first-order chi connectivity index (χ1) is 20.7. The second-order valence-corrected chi connectivity index (χ2v) is 12.0. The Labute approximate surface area is 255 Å². The van der Waals surface area contributed by atoms with Crippen molar-refractivity contribution in [2.75, 3.05) is 57.2 Å². The van der Waals surface area contributed by atoms with E-state index in [9.17, 15) is 19.1 Å². The second-order valence-electron chi connectivity index (χ2n) is 10.9. The molecule has 0 bridgehead atoms. The molecule has 1 fully saturated rings. The number of carbonyl (C=O) groups excluding carboxylic acids is 1. The third-order valence-electron chi connectivity index (χ3n) is 7.19. The van der Waals surface area contributed by atoms with Crippen LogP contribution < -0.4 is 15.0 Å².